The maximum Gasteiger partial charge on any atom is 0.274 e. The zero-order valence-corrected chi connectivity index (χ0v) is 12.2. The number of benzene rings is 2. The van der Waals surface area contributed by atoms with Crippen molar-refractivity contribution in [2.45, 2.75) is 6.54 Å². The van der Waals surface area contributed by atoms with E-state index in [1.807, 2.05) is 36.4 Å². The van der Waals surface area contributed by atoms with Gasteiger partial charge in [0, 0.05) is 15.5 Å². The average molecular weight is 330 g/mol. The Labute approximate surface area is 124 Å². The molecule has 3 aromatic rings. The molecule has 5 heteroatoms. The summed E-state index contributed by atoms with van der Waals surface area (Å²) in [7, 11) is 0. The van der Waals surface area contributed by atoms with E-state index in [2.05, 4.69) is 21.0 Å². The van der Waals surface area contributed by atoms with Crippen LogP contribution in [0.1, 0.15) is 5.56 Å². The van der Waals surface area contributed by atoms with Gasteiger partial charge in [0.25, 0.3) is 5.56 Å². The topological polar surface area (TPSA) is 60.9 Å². The van der Waals surface area contributed by atoms with Gasteiger partial charge in [0.2, 0.25) is 0 Å². The van der Waals surface area contributed by atoms with Crippen molar-refractivity contribution in [2.75, 3.05) is 5.73 Å². The highest BCUT2D eigenvalue weighted by molar-refractivity contribution is 9.10. The number of nitrogen functional groups attached to an aromatic ring is 1. The summed E-state index contributed by atoms with van der Waals surface area (Å²) in [5.74, 6) is 0. The molecule has 0 amide bonds. The molecule has 0 aliphatic carbocycles. The highest BCUT2D eigenvalue weighted by Gasteiger charge is 2.06. The van der Waals surface area contributed by atoms with E-state index in [1.165, 1.54) is 4.68 Å². The first kappa shape index (κ1) is 12.9. The molecule has 20 heavy (non-hydrogen) atoms. The first-order valence-electron chi connectivity index (χ1n) is 6.14. The molecule has 2 N–H and O–H groups in total. The Morgan fingerprint density at radius 2 is 2.00 bits per heavy atom. The minimum absolute atomic E-state index is 0.106. The van der Waals surface area contributed by atoms with Crippen LogP contribution < -0.4 is 11.3 Å². The molecule has 0 radical (unpaired) electrons. The van der Waals surface area contributed by atoms with E-state index in [9.17, 15) is 4.79 Å². The van der Waals surface area contributed by atoms with Crippen molar-refractivity contribution in [1.82, 2.24) is 9.78 Å². The Kier molecular flexibility index (Phi) is 3.28. The van der Waals surface area contributed by atoms with Crippen molar-refractivity contribution in [3.63, 3.8) is 0 Å². The maximum absolute atomic E-state index is 12.4. The van der Waals surface area contributed by atoms with Gasteiger partial charge in [-0.25, -0.2) is 4.68 Å². The van der Waals surface area contributed by atoms with E-state index in [0.717, 1.165) is 15.4 Å². The third-order valence-corrected chi connectivity index (χ3v) is 3.68. The molecule has 4 nitrogen and oxygen atoms in total. The molecule has 0 spiro atoms. The van der Waals surface area contributed by atoms with E-state index in [0.29, 0.717) is 17.6 Å². The van der Waals surface area contributed by atoms with Gasteiger partial charge in [-0.3, -0.25) is 4.79 Å². The molecule has 3 rings (SSSR count). The minimum Gasteiger partial charge on any atom is -0.398 e. The molecule has 100 valence electrons. The van der Waals surface area contributed by atoms with Gasteiger partial charge in [0.1, 0.15) is 0 Å². The van der Waals surface area contributed by atoms with Crippen LogP contribution in [0.4, 0.5) is 5.69 Å². The molecule has 0 fully saturated rings. The number of halogens is 1. The fraction of sp³-hybridized carbons (Fsp3) is 0.0667. The standard InChI is InChI=1S/C15H12BrN3O/c16-12-6-5-11(14(17)7-12)9-19-15(20)13-4-2-1-3-10(13)8-18-19/h1-8H,9,17H2. The van der Waals surface area contributed by atoms with Crippen LogP contribution in [-0.2, 0) is 6.54 Å². The van der Waals surface area contributed by atoms with Crippen LogP contribution in [0.15, 0.2) is 57.9 Å². The summed E-state index contributed by atoms with van der Waals surface area (Å²) in [5.41, 5.74) is 7.37. The Bertz CT molecular complexity index is 842. The van der Waals surface area contributed by atoms with Gasteiger partial charge in [-0.15, -0.1) is 0 Å². The molecule has 0 atom stereocenters. The first-order chi connectivity index (χ1) is 9.65. The fourth-order valence-electron chi connectivity index (χ4n) is 2.11. The van der Waals surface area contributed by atoms with Crippen molar-refractivity contribution in [1.29, 1.82) is 0 Å². The van der Waals surface area contributed by atoms with Crippen molar-refractivity contribution in [3.8, 4) is 0 Å². The molecule has 1 heterocycles. The lowest BCUT2D eigenvalue weighted by Crippen LogP contribution is -2.23. The summed E-state index contributed by atoms with van der Waals surface area (Å²) in [5, 5.41) is 5.71. The predicted molar refractivity (Wildman–Crippen MR) is 83.7 cm³/mol. The fourth-order valence-corrected chi connectivity index (χ4v) is 2.49. The SMILES string of the molecule is Nc1cc(Br)ccc1Cn1ncc2ccccc2c1=O. The van der Waals surface area contributed by atoms with E-state index in [-0.39, 0.29) is 5.56 Å². The van der Waals surface area contributed by atoms with Gasteiger partial charge < -0.3 is 5.73 Å². The largest absolute Gasteiger partial charge is 0.398 e. The van der Waals surface area contributed by atoms with Gasteiger partial charge in [-0.1, -0.05) is 40.2 Å². The summed E-state index contributed by atoms with van der Waals surface area (Å²) >= 11 is 3.36. The van der Waals surface area contributed by atoms with Crippen molar-refractivity contribution in [3.05, 3.63) is 69.1 Å². The molecule has 0 aliphatic rings. The van der Waals surface area contributed by atoms with Crippen LogP contribution >= 0.6 is 15.9 Å². The number of aromatic nitrogens is 2. The lowest BCUT2D eigenvalue weighted by atomic mass is 10.1. The summed E-state index contributed by atoms with van der Waals surface area (Å²) in [6, 6.07) is 13.0. The molecular formula is C15H12BrN3O. The normalized spacial score (nSPS) is 10.8. The molecule has 0 saturated carbocycles. The number of hydrogen-bond acceptors (Lipinski definition) is 3. The second-order valence-corrected chi connectivity index (χ2v) is 5.45. The average Bonchev–Trinajstić information content (AvgIpc) is 2.45. The Morgan fingerprint density at radius 1 is 1.20 bits per heavy atom. The number of nitrogens with zero attached hydrogens (tertiary/aromatic N) is 2. The smallest absolute Gasteiger partial charge is 0.274 e. The zero-order chi connectivity index (χ0) is 14.1. The molecule has 1 aromatic heterocycles. The van der Waals surface area contributed by atoms with Crippen molar-refractivity contribution in [2.24, 2.45) is 0 Å². The summed E-state index contributed by atoms with van der Waals surface area (Å²) < 4.78 is 2.35. The quantitative estimate of drug-likeness (QED) is 0.735. The summed E-state index contributed by atoms with van der Waals surface area (Å²) in [4.78, 5) is 12.4. The Hall–Kier alpha value is -2.14. The number of anilines is 1. The lowest BCUT2D eigenvalue weighted by molar-refractivity contribution is 0.648. The van der Waals surface area contributed by atoms with Gasteiger partial charge in [-0.2, -0.15) is 5.10 Å². The second-order valence-electron chi connectivity index (χ2n) is 4.54. The van der Waals surface area contributed by atoms with Gasteiger partial charge >= 0.3 is 0 Å². The number of hydrogen-bond donors (Lipinski definition) is 1. The lowest BCUT2D eigenvalue weighted by Gasteiger charge is -2.08. The van der Waals surface area contributed by atoms with E-state index in [1.54, 1.807) is 12.3 Å². The highest BCUT2D eigenvalue weighted by Crippen LogP contribution is 2.19. The van der Waals surface area contributed by atoms with Gasteiger partial charge in [-0.05, 0) is 23.8 Å². The molecule has 0 aliphatic heterocycles. The third-order valence-electron chi connectivity index (χ3n) is 3.19. The van der Waals surface area contributed by atoms with Crippen molar-refractivity contribution >= 4 is 32.4 Å². The highest BCUT2D eigenvalue weighted by atomic mass is 79.9. The molecule has 0 saturated heterocycles. The second kappa shape index (κ2) is 5.09. The van der Waals surface area contributed by atoms with Crippen LogP contribution in [0.5, 0.6) is 0 Å². The minimum atomic E-state index is -0.106. The van der Waals surface area contributed by atoms with E-state index in [4.69, 9.17) is 5.73 Å². The number of fused-ring (bicyclic) bond motifs is 1. The van der Waals surface area contributed by atoms with E-state index >= 15 is 0 Å². The maximum atomic E-state index is 12.4. The third kappa shape index (κ3) is 2.32. The van der Waals surface area contributed by atoms with Crippen LogP contribution in [-0.4, -0.2) is 9.78 Å². The van der Waals surface area contributed by atoms with Gasteiger partial charge in [0.05, 0.1) is 18.1 Å². The Morgan fingerprint density at radius 3 is 2.80 bits per heavy atom. The monoisotopic (exact) mass is 329 g/mol. The molecule has 0 bridgehead atoms. The predicted octanol–water partition coefficient (Wildman–Crippen LogP) is 2.79. The van der Waals surface area contributed by atoms with Crippen molar-refractivity contribution < 1.29 is 0 Å². The van der Waals surface area contributed by atoms with E-state index < -0.39 is 0 Å². The summed E-state index contributed by atoms with van der Waals surface area (Å²) in [6.45, 7) is 0.364. The van der Waals surface area contributed by atoms with Crippen LogP contribution in [0.25, 0.3) is 10.8 Å². The molecule has 0 unspecified atom stereocenters. The molecular weight excluding hydrogens is 318 g/mol. The zero-order valence-electron chi connectivity index (χ0n) is 10.6. The first-order valence-corrected chi connectivity index (χ1v) is 6.93. The van der Waals surface area contributed by atoms with Crippen LogP contribution in [0, 0.1) is 0 Å². The molecule has 2 aromatic carbocycles. The summed E-state index contributed by atoms with van der Waals surface area (Å²) in [6.07, 6.45) is 1.70. The van der Waals surface area contributed by atoms with Crippen LogP contribution in [0.2, 0.25) is 0 Å². The van der Waals surface area contributed by atoms with Crippen LogP contribution in [0.3, 0.4) is 0 Å². The number of rotatable bonds is 2. The van der Waals surface area contributed by atoms with Gasteiger partial charge in [0.15, 0.2) is 0 Å². The Balaban J connectivity index is 2.07. The number of nitrogens with two attached hydrogens (primary N) is 1.